The first-order valence-corrected chi connectivity index (χ1v) is 4.74. The third kappa shape index (κ3) is 3.91. The molecule has 0 bridgehead atoms. The molecule has 0 aliphatic carbocycles. The lowest BCUT2D eigenvalue weighted by molar-refractivity contribution is -0.137. The van der Waals surface area contributed by atoms with Crippen molar-refractivity contribution in [2.75, 3.05) is 0 Å². The molecule has 0 aliphatic rings. The summed E-state index contributed by atoms with van der Waals surface area (Å²) in [6.07, 6.45) is -3.54. The largest absolute Gasteiger partial charge is 0.416 e. The van der Waals surface area contributed by atoms with Gasteiger partial charge in [0.15, 0.2) is 0 Å². The summed E-state index contributed by atoms with van der Waals surface area (Å²) in [4.78, 5) is 0. The van der Waals surface area contributed by atoms with Gasteiger partial charge in [0.1, 0.15) is 0 Å². The second-order valence-electron chi connectivity index (χ2n) is 3.58. The fourth-order valence-corrected chi connectivity index (χ4v) is 1.24. The van der Waals surface area contributed by atoms with Crippen LogP contribution >= 0.6 is 0 Å². The van der Waals surface area contributed by atoms with Crippen LogP contribution in [0.15, 0.2) is 24.3 Å². The molecule has 0 heterocycles. The van der Waals surface area contributed by atoms with Crippen molar-refractivity contribution in [2.45, 2.75) is 32.0 Å². The molecule has 1 nitrogen and oxygen atoms in total. The van der Waals surface area contributed by atoms with Gasteiger partial charge in [-0.2, -0.15) is 13.2 Å². The van der Waals surface area contributed by atoms with E-state index in [4.69, 9.17) is 5.11 Å². The maximum absolute atomic E-state index is 12.2. The molecule has 0 radical (unpaired) electrons. The minimum absolute atomic E-state index is 0.424. The van der Waals surface area contributed by atoms with Crippen LogP contribution in [0, 0.1) is 0 Å². The van der Waals surface area contributed by atoms with Gasteiger partial charge in [0.05, 0.1) is 11.7 Å². The van der Waals surface area contributed by atoms with E-state index in [0.29, 0.717) is 12.8 Å². The van der Waals surface area contributed by atoms with Gasteiger partial charge in [0.25, 0.3) is 0 Å². The number of aliphatic hydroxyl groups is 1. The minimum Gasteiger partial charge on any atom is -0.393 e. The monoisotopic (exact) mass is 218 g/mol. The van der Waals surface area contributed by atoms with Crippen LogP contribution in [0.5, 0.6) is 0 Å². The summed E-state index contributed by atoms with van der Waals surface area (Å²) in [5.74, 6) is 0. The van der Waals surface area contributed by atoms with E-state index < -0.39 is 17.8 Å². The van der Waals surface area contributed by atoms with Gasteiger partial charge in [-0.3, -0.25) is 0 Å². The van der Waals surface area contributed by atoms with Crippen molar-refractivity contribution >= 4 is 0 Å². The predicted octanol–water partition coefficient (Wildman–Crippen LogP) is 3.02. The summed E-state index contributed by atoms with van der Waals surface area (Å²) in [5.41, 5.74) is 0.173. The maximum Gasteiger partial charge on any atom is 0.416 e. The van der Waals surface area contributed by atoms with E-state index in [1.807, 2.05) is 0 Å². The fraction of sp³-hybridized carbons (Fsp3) is 0.455. The molecule has 15 heavy (non-hydrogen) atoms. The quantitative estimate of drug-likeness (QED) is 0.826. The summed E-state index contributed by atoms with van der Waals surface area (Å²) >= 11 is 0. The molecule has 1 N–H and O–H groups in total. The highest BCUT2D eigenvalue weighted by Crippen LogP contribution is 2.29. The lowest BCUT2D eigenvalue weighted by atomic mass is 10.1. The first-order valence-electron chi connectivity index (χ1n) is 4.74. The number of aliphatic hydroxyl groups excluding tert-OH is 1. The van der Waals surface area contributed by atoms with Gasteiger partial charge in [0.2, 0.25) is 0 Å². The first kappa shape index (κ1) is 12.0. The Morgan fingerprint density at radius 2 is 1.73 bits per heavy atom. The number of alkyl halides is 3. The Morgan fingerprint density at radius 1 is 1.20 bits per heavy atom. The minimum atomic E-state index is -4.27. The molecule has 0 unspecified atom stereocenters. The Hall–Kier alpha value is -1.03. The van der Waals surface area contributed by atoms with Crippen LogP contribution in [0.3, 0.4) is 0 Å². The number of hydrogen-bond acceptors (Lipinski definition) is 1. The van der Waals surface area contributed by atoms with Gasteiger partial charge in [-0.25, -0.2) is 0 Å². The molecule has 1 aromatic carbocycles. The molecule has 1 rings (SSSR count). The Morgan fingerprint density at radius 3 is 2.13 bits per heavy atom. The molecule has 0 saturated heterocycles. The molecule has 1 aromatic rings. The van der Waals surface area contributed by atoms with E-state index in [0.717, 1.165) is 17.7 Å². The number of aryl methyl sites for hydroxylation is 1. The smallest absolute Gasteiger partial charge is 0.393 e. The highest BCUT2D eigenvalue weighted by atomic mass is 19.4. The number of rotatable bonds is 3. The highest BCUT2D eigenvalue weighted by molar-refractivity contribution is 5.24. The zero-order valence-electron chi connectivity index (χ0n) is 8.38. The van der Waals surface area contributed by atoms with E-state index in [1.165, 1.54) is 12.1 Å². The maximum atomic E-state index is 12.2. The third-order valence-corrected chi connectivity index (χ3v) is 2.13. The van der Waals surface area contributed by atoms with Crippen molar-refractivity contribution in [2.24, 2.45) is 0 Å². The number of hydrogen-bond donors (Lipinski definition) is 1. The Kier molecular flexibility index (Phi) is 3.74. The molecule has 0 spiro atoms. The molecule has 84 valence electrons. The van der Waals surface area contributed by atoms with Crippen molar-refractivity contribution in [1.82, 2.24) is 0 Å². The molecule has 4 heteroatoms. The third-order valence-electron chi connectivity index (χ3n) is 2.13. The van der Waals surface area contributed by atoms with Gasteiger partial charge in [-0.05, 0) is 37.5 Å². The van der Waals surface area contributed by atoms with Crippen molar-refractivity contribution < 1.29 is 18.3 Å². The zero-order valence-corrected chi connectivity index (χ0v) is 8.38. The lowest BCUT2D eigenvalue weighted by Gasteiger charge is -2.08. The normalized spacial score (nSPS) is 13.9. The SMILES string of the molecule is C[C@H](O)CCc1ccc(C(F)(F)F)cc1. The zero-order chi connectivity index (χ0) is 11.5. The average Bonchev–Trinajstić information content (AvgIpc) is 2.14. The average molecular weight is 218 g/mol. The molecule has 0 aromatic heterocycles. The Bertz CT molecular complexity index is 301. The summed E-state index contributed by atoms with van der Waals surface area (Å²) in [6.45, 7) is 1.66. The fourth-order valence-electron chi connectivity index (χ4n) is 1.24. The van der Waals surface area contributed by atoms with Crippen LogP contribution in [0.25, 0.3) is 0 Å². The Labute approximate surface area is 86.5 Å². The van der Waals surface area contributed by atoms with E-state index >= 15 is 0 Å². The van der Waals surface area contributed by atoms with Gasteiger partial charge in [-0.1, -0.05) is 12.1 Å². The summed E-state index contributed by atoms with van der Waals surface area (Å²) in [7, 11) is 0. The highest BCUT2D eigenvalue weighted by Gasteiger charge is 2.29. The van der Waals surface area contributed by atoms with E-state index in [-0.39, 0.29) is 0 Å². The Balaban J connectivity index is 2.65. The van der Waals surface area contributed by atoms with Crippen molar-refractivity contribution in [3.8, 4) is 0 Å². The van der Waals surface area contributed by atoms with Crippen LogP contribution in [-0.4, -0.2) is 11.2 Å². The van der Waals surface area contributed by atoms with E-state index in [2.05, 4.69) is 0 Å². The second-order valence-corrected chi connectivity index (χ2v) is 3.58. The van der Waals surface area contributed by atoms with Gasteiger partial charge in [-0.15, -0.1) is 0 Å². The molecular weight excluding hydrogens is 205 g/mol. The summed E-state index contributed by atoms with van der Waals surface area (Å²) in [6, 6.07) is 5.03. The standard InChI is InChI=1S/C11H13F3O/c1-8(15)2-3-9-4-6-10(7-5-9)11(12,13)14/h4-8,15H,2-3H2,1H3/t8-/m0/s1. The van der Waals surface area contributed by atoms with Crippen LogP contribution < -0.4 is 0 Å². The van der Waals surface area contributed by atoms with Crippen LogP contribution in [-0.2, 0) is 12.6 Å². The van der Waals surface area contributed by atoms with Gasteiger partial charge < -0.3 is 5.11 Å². The van der Waals surface area contributed by atoms with Gasteiger partial charge >= 0.3 is 6.18 Å². The van der Waals surface area contributed by atoms with Crippen LogP contribution in [0.1, 0.15) is 24.5 Å². The second kappa shape index (κ2) is 4.66. The van der Waals surface area contributed by atoms with E-state index in [1.54, 1.807) is 6.92 Å². The number of halogens is 3. The molecular formula is C11H13F3O. The summed E-state index contributed by atoms with van der Waals surface area (Å²) < 4.78 is 36.6. The molecule has 0 aliphatic heterocycles. The van der Waals surface area contributed by atoms with Crippen LogP contribution in [0.4, 0.5) is 13.2 Å². The van der Waals surface area contributed by atoms with Crippen molar-refractivity contribution in [1.29, 1.82) is 0 Å². The lowest BCUT2D eigenvalue weighted by Crippen LogP contribution is -2.05. The molecule has 0 fully saturated rings. The molecule has 1 atom stereocenters. The first-order chi connectivity index (χ1) is 6.89. The topological polar surface area (TPSA) is 20.2 Å². The van der Waals surface area contributed by atoms with Crippen LogP contribution in [0.2, 0.25) is 0 Å². The molecule has 0 saturated carbocycles. The summed E-state index contributed by atoms with van der Waals surface area (Å²) in [5, 5.41) is 9.02. The van der Waals surface area contributed by atoms with Crippen molar-refractivity contribution in [3.63, 3.8) is 0 Å². The van der Waals surface area contributed by atoms with E-state index in [9.17, 15) is 13.2 Å². The molecule has 0 amide bonds. The van der Waals surface area contributed by atoms with Crippen molar-refractivity contribution in [3.05, 3.63) is 35.4 Å². The predicted molar refractivity (Wildman–Crippen MR) is 51.4 cm³/mol. The number of benzene rings is 1. The van der Waals surface area contributed by atoms with Gasteiger partial charge in [0, 0.05) is 0 Å².